The van der Waals surface area contributed by atoms with Crippen LogP contribution in [0, 0.1) is 6.92 Å². The fourth-order valence-corrected chi connectivity index (χ4v) is 9.99. The Kier molecular flexibility index (Phi) is 29.3. The zero-order chi connectivity index (χ0) is 63.3. The number of ether oxygens (including phenoxy) is 2. The molecule has 0 bridgehead atoms. The number of carboxylic acids is 1. The molecule has 1 heterocycles. The topological polar surface area (TPSA) is 419 Å². The van der Waals surface area contributed by atoms with Crippen molar-refractivity contribution in [1.82, 2.24) is 21.3 Å². The number of rotatable bonds is 30. The number of carboxylic acid groups (broad SMARTS) is 1. The first kappa shape index (κ1) is 73.2. The number of nitrogens with one attached hydrogen (secondary N) is 8. The number of benzene rings is 5. The number of methoxy groups -OCH3 is 1. The van der Waals surface area contributed by atoms with Crippen molar-refractivity contribution in [2.45, 2.75) is 39.7 Å². The molecule has 3 aliphatic rings. The highest BCUT2D eigenvalue weighted by molar-refractivity contribution is 6.34. The van der Waals surface area contributed by atoms with E-state index in [0.717, 1.165) is 11.1 Å². The second-order valence-corrected chi connectivity index (χ2v) is 20.0. The van der Waals surface area contributed by atoms with Crippen molar-refractivity contribution in [2.75, 3.05) is 133 Å². The molecule has 0 saturated heterocycles. The lowest BCUT2D eigenvalue weighted by Gasteiger charge is -2.25. The molecule has 5 aromatic rings. The number of ketones is 4. The maximum atomic E-state index is 13.4. The molecule has 0 amide bonds. The molecule has 28 heteroatoms. The first-order chi connectivity index (χ1) is 41.9. The number of aliphatic carboxylic acids is 1. The van der Waals surface area contributed by atoms with Gasteiger partial charge < -0.3 is 103 Å². The quantitative estimate of drug-likeness (QED) is 0.0133. The summed E-state index contributed by atoms with van der Waals surface area (Å²) in [6.07, 6.45) is 2.68. The highest BCUT2D eigenvalue weighted by Gasteiger charge is 2.40. The molecule has 0 unspecified atom stereocenters. The summed E-state index contributed by atoms with van der Waals surface area (Å²) in [5.41, 5.74) is 4.40. The molecule has 5 aromatic carbocycles. The van der Waals surface area contributed by atoms with Gasteiger partial charge in [-0.15, -0.1) is 24.8 Å². The van der Waals surface area contributed by atoms with Crippen LogP contribution in [0.15, 0.2) is 60.2 Å². The number of aromatic hydroxyl groups is 5. The Hall–Kier alpha value is -8.28. The van der Waals surface area contributed by atoms with Crippen molar-refractivity contribution >= 4 is 82.6 Å². The van der Waals surface area contributed by atoms with E-state index in [-0.39, 0.29) is 143 Å². The molecule has 1 aliphatic heterocycles. The summed E-state index contributed by atoms with van der Waals surface area (Å²) in [5.74, 6) is -4.70. The first-order valence-electron chi connectivity index (χ1n) is 28.2. The van der Waals surface area contributed by atoms with Gasteiger partial charge in [-0.25, -0.2) is 4.79 Å². The number of aliphatic hydroxyl groups is 4. The number of fused-ring (bicyclic) bond motifs is 5. The molecular weight excluding hydrogens is 1200 g/mol. The minimum atomic E-state index is -0.853. The number of halogens is 2. The number of carbonyl (C=O) groups excluding carboxylic acids is 5. The Morgan fingerprint density at radius 2 is 0.820 bits per heavy atom. The molecule has 0 atom stereocenters. The van der Waals surface area contributed by atoms with Crippen LogP contribution in [0.2, 0.25) is 0 Å². The number of carbonyl (C=O) groups is 6. The molecular formula is C61H78Cl2N8O18. The normalized spacial score (nSPS) is 12.5. The van der Waals surface area contributed by atoms with Crippen molar-refractivity contribution in [3.8, 4) is 34.5 Å². The minimum absolute atomic E-state index is 0. The van der Waals surface area contributed by atoms with Gasteiger partial charge in [0, 0.05) is 119 Å². The van der Waals surface area contributed by atoms with Gasteiger partial charge >= 0.3 is 11.9 Å². The van der Waals surface area contributed by atoms with E-state index < -0.39 is 35.1 Å². The predicted octanol–water partition coefficient (Wildman–Crippen LogP) is 3.30. The van der Waals surface area contributed by atoms with Crippen molar-refractivity contribution in [3.05, 3.63) is 127 Å². The third kappa shape index (κ3) is 17.7. The maximum Gasteiger partial charge on any atom is 0.342 e. The van der Waals surface area contributed by atoms with Gasteiger partial charge in [0.15, 0.2) is 0 Å². The monoisotopic (exact) mass is 1280 g/mol. The molecule has 0 radical (unpaired) electrons. The largest absolute Gasteiger partial charge is 0.507 e. The lowest BCUT2D eigenvalue weighted by Crippen LogP contribution is -2.28. The van der Waals surface area contributed by atoms with Gasteiger partial charge in [0.05, 0.1) is 78.0 Å². The number of esters is 1. The minimum Gasteiger partial charge on any atom is -0.507 e. The molecule has 0 saturated carbocycles. The first-order valence-corrected chi connectivity index (χ1v) is 28.2. The van der Waals surface area contributed by atoms with Gasteiger partial charge in [0.1, 0.15) is 46.7 Å². The van der Waals surface area contributed by atoms with E-state index in [9.17, 15) is 54.3 Å². The van der Waals surface area contributed by atoms with E-state index in [1.165, 1.54) is 31.4 Å². The number of phenols is 5. The smallest absolute Gasteiger partial charge is 0.342 e. The summed E-state index contributed by atoms with van der Waals surface area (Å²) in [6.45, 7) is 9.41. The number of anilines is 4. The fourth-order valence-electron chi connectivity index (χ4n) is 9.99. The molecule has 0 aromatic heterocycles. The number of phenolic OH excluding ortho intramolecular Hbond substituents is 5. The highest BCUT2D eigenvalue weighted by atomic mass is 35.5. The summed E-state index contributed by atoms with van der Waals surface area (Å²) < 4.78 is 10.4. The number of cyclic esters (lactones) is 1. The molecule has 18 N–H and O–H groups in total. The Bertz CT molecular complexity index is 3070. The summed E-state index contributed by atoms with van der Waals surface area (Å²) in [5, 5.41) is 120. The highest BCUT2D eigenvalue weighted by Crippen LogP contribution is 2.45. The summed E-state index contributed by atoms with van der Waals surface area (Å²) >= 11 is 0. The third-order valence-electron chi connectivity index (χ3n) is 14.2. The number of hydrogen-bond acceptors (Lipinski definition) is 25. The summed E-state index contributed by atoms with van der Waals surface area (Å²) in [6, 6.07) is 11.5. The molecule has 0 fully saturated rings. The molecule has 89 heavy (non-hydrogen) atoms. The zero-order valence-corrected chi connectivity index (χ0v) is 51.0. The average molecular weight is 1280 g/mol. The number of allylic oxidation sites excluding steroid dienone is 2. The number of hydrogen-bond donors (Lipinski definition) is 18. The van der Waals surface area contributed by atoms with Gasteiger partial charge in [-0.05, 0) is 80.8 Å². The maximum absolute atomic E-state index is 13.4. The Balaban J connectivity index is 0.000000286. The van der Waals surface area contributed by atoms with E-state index >= 15 is 0 Å². The van der Waals surface area contributed by atoms with Crippen LogP contribution in [0.1, 0.15) is 110 Å². The van der Waals surface area contributed by atoms with Crippen LogP contribution in [0.4, 0.5) is 22.7 Å². The van der Waals surface area contributed by atoms with Crippen molar-refractivity contribution in [1.29, 1.82) is 0 Å². The SMILES string of the molecule is COc1c(C)c2c(c(O)c1C/C=C(\C)CCC(=O)O)C(=O)OC2.Cl.Cl.O=C1c2c(O)ccc(O)c2C(=O)c2c(NCCNCCO)ccc(NCCNCCO)c21.O=C1c2c(O)ccc(O)c2C(=O)c2c(NCCNCCO)ccc(NCCNCCO)c21. The zero-order valence-electron chi connectivity index (χ0n) is 49.4. The number of aliphatic hydroxyl groups excluding tert-OH is 4. The lowest BCUT2D eigenvalue weighted by atomic mass is 9.81. The standard InChI is InChI=1S/2C22H28N4O6.C17H20O6.2ClH/c2*27-11-9-23-5-7-25-13-1-2-14(26-8-6-24-10-12-28)18-17(13)21(31)19-15(29)3-4-16(30)20(19)22(18)32;1-9(5-7-13(18)19)4-6-11-15(20)14-12(8-23-17(14)21)10(2)16(11)22-3;;/h2*1-4,23-30H,5-12H2;4,20H,5-8H2,1-3H3,(H,18,19);2*1H/b;;9-4+;;. The lowest BCUT2D eigenvalue weighted by molar-refractivity contribution is -0.137. The van der Waals surface area contributed by atoms with Crippen molar-refractivity contribution in [2.24, 2.45) is 0 Å². The Morgan fingerprint density at radius 1 is 0.494 bits per heavy atom. The Morgan fingerprint density at radius 3 is 1.11 bits per heavy atom. The van der Waals surface area contributed by atoms with E-state index in [4.69, 9.17) is 35.0 Å². The fraction of sp³-hybridized carbons (Fsp3) is 0.377. The van der Waals surface area contributed by atoms with Gasteiger partial charge in [0.2, 0.25) is 23.1 Å². The molecule has 0 spiro atoms. The Labute approximate surface area is 525 Å². The van der Waals surface area contributed by atoms with Crippen LogP contribution >= 0.6 is 24.8 Å². The second-order valence-electron chi connectivity index (χ2n) is 20.0. The molecule has 2 aliphatic carbocycles. The van der Waals surface area contributed by atoms with Crippen molar-refractivity contribution in [3.63, 3.8) is 0 Å². The molecule has 484 valence electrons. The van der Waals surface area contributed by atoms with Gasteiger partial charge in [-0.3, -0.25) is 24.0 Å². The van der Waals surface area contributed by atoms with E-state index in [1.54, 1.807) is 24.3 Å². The second kappa shape index (κ2) is 35.6. The van der Waals surface area contributed by atoms with Crippen LogP contribution in [0.5, 0.6) is 34.5 Å². The van der Waals surface area contributed by atoms with Gasteiger partial charge in [0.25, 0.3) is 0 Å². The predicted molar refractivity (Wildman–Crippen MR) is 337 cm³/mol. The van der Waals surface area contributed by atoms with Crippen LogP contribution in [0.25, 0.3) is 0 Å². The van der Waals surface area contributed by atoms with Crippen molar-refractivity contribution < 1.29 is 89.3 Å². The molecule has 26 nitrogen and oxygen atoms in total. The van der Waals surface area contributed by atoms with Crippen LogP contribution in [-0.4, -0.2) is 198 Å². The third-order valence-corrected chi connectivity index (χ3v) is 14.2. The van der Waals surface area contributed by atoms with Gasteiger partial charge in [-0.2, -0.15) is 0 Å². The van der Waals surface area contributed by atoms with E-state index in [1.807, 2.05) is 19.9 Å². The van der Waals surface area contributed by atoms with Crippen LogP contribution in [-0.2, 0) is 22.6 Å². The summed E-state index contributed by atoms with van der Waals surface area (Å²) in [7, 11) is 1.51. The van der Waals surface area contributed by atoms with E-state index in [2.05, 4.69) is 42.5 Å². The van der Waals surface area contributed by atoms with Crippen LogP contribution in [0.3, 0.4) is 0 Å². The van der Waals surface area contributed by atoms with Crippen LogP contribution < -0.4 is 47.3 Å². The summed E-state index contributed by atoms with van der Waals surface area (Å²) in [4.78, 5) is 75.9. The average Bonchev–Trinajstić information content (AvgIpc) is 0.970. The van der Waals surface area contributed by atoms with Gasteiger partial charge in [-0.1, -0.05) is 11.6 Å². The molecule has 8 rings (SSSR count). The van der Waals surface area contributed by atoms with E-state index in [0.29, 0.717) is 131 Å².